The van der Waals surface area contributed by atoms with Crippen LogP contribution in [0.1, 0.15) is 15.2 Å². The molecular weight excluding hydrogens is 340 g/mol. The molecule has 0 N–H and O–H groups in total. The molecule has 132 valence electrons. The monoisotopic (exact) mass is 362 g/mol. The molecule has 0 unspecified atom stereocenters. The first-order valence-electron chi connectivity index (χ1n) is 9.00. The third-order valence-corrected chi connectivity index (χ3v) is 5.91. The van der Waals surface area contributed by atoms with Gasteiger partial charge in [-0.2, -0.15) is 0 Å². The number of nitrogens with zero attached hydrogens (tertiary/aromatic N) is 2. The minimum atomic E-state index is 0.163. The molecule has 26 heavy (non-hydrogen) atoms. The average Bonchev–Trinajstić information content (AvgIpc) is 3.20. The van der Waals surface area contributed by atoms with Gasteiger partial charge in [0.2, 0.25) is 0 Å². The van der Waals surface area contributed by atoms with E-state index in [4.69, 9.17) is 0 Å². The zero-order chi connectivity index (χ0) is 17.8. The van der Waals surface area contributed by atoms with Gasteiger partial charge in [-0.05, 0) is 23.3 Å². The summed E-state index contributed by atoms with van der Waals surface area (Å²) in [6.07, 6.45) is 0. The van der Waals surface area contributed by atoms with E-state index in [2.05, 4.69) is 47.4 Å². The first kappa shape index (κ1) is 17.0. The normalized spacial score (nSPS) is 15.2. The molecule has 3 nitrogen and oxygen atoms in total. The third-order valence-electron chi connectivity index (χ3n) is 4.78. The summed E-state index contributed by atoms with van der Waals surface area (Å²) in [6, 6.07) is 24.8. The molecule has 0 spiro atoms. The molecule has 2 aromatic carbocycles. The van der Waals surface area contributed by atoms with Crippen molar-refractivity contribution in [1.29, 1.82) is 0 Å². The minimum Gasteiger partial charge on any atom is -0.335 e. The minimum absolute atomic E-state index is 0.163. The lowest BCUT2D eigenvalue weighted by Crippen LogP contribution is -2.48. The predicted octanol–water partition coefficient (Wildman–Crippen LogP) is 4.37. The molecule has 3 aromatic rings. The van der Waals surface area contributed by atoms with Crippen LogP contribution in [-0.4, -0.2) is 41.9 Å². The maximum atomic E-state index is 12.8. The Labute approximate surface area is 158 Å². The molecule has 2 heterocycles. The van der Waals surface area contributed by atoms with Crippen LogP contribution >= 0.6 is 11.3 Å². The Morgan fingerprint density at radius 1 is 0.808 bits per heavy atom. The van der Waals surface area contributed by atoms with E-state index in [1.54, 1.807) is 11.3 Å². The maximum absolute atomic E-state index is 12.8. The lowest BCUT2D eigenvalue weighted by Gasteiger charge is -2.34. The van der Waals surface area contributed by atoms with Crippen LogP contribution in [0, 0.1) is 0 Å². The second-order valence-corrected chi connectivity index (χ2v) is 7.67. The van der Waals surface area contributed by atoms with Crippen molar-refractivity contribution in [2.75, 3.05) is 26.2 Å². The molecule has 0 atom stereocenters. The smallest absolute Gasteiger partial charge is 0.264 e. The Bertz CT molecular complexity index is 852. The second kappa shape index (κ2) is 7.85. The highest BCUT2D eigenvalue weighted by Gasteiger charge is 2.23. The Morgan fingerprint density at radius 3 is 2.15 bits per heavy atom. The molecule has 1 saturated heterocycles. The Balaban J connectivity index is 1.36. The van der Waals surface area contributed by atoms with E-state index in [-0.39, 0.29) is 5.91 Å². The van der Waals surface area contributed by atoms with Gasteiger partial charge in [-0.3, -0.25) is 9.69 Å². The summed E-state index contributed by atoms with van der Waals surface area (Å²) in [7, 11) is 0. The molecule has 0 radical (unpaired) electrons. The van der Waals surface area contributed by atoms with Gasteiger partial charge in [0.15, 0.2) is 0 Å². The topological polar surface area (TPSA) is 23.6 Å². The molecule has 0 aliphatic carbocycles. The molecule has 1 amide bonds. The fraction of sp³-hybridized carbons (Fsp3) is 0.227. The van der Waals surface area contributed by atoms with Crippen molar-refractivity contribution in [3.63, 3.8) is 0 Å². The number of thiophene rings is 1. The molecule has 1 aliphatic rings. The van der Waals surface area contributed by atoms with Crippen LogP contribution in [0.25, 0.3) is 10.4 Å². The molecule has 1 aliphatic heterocycles. The summed E-state index contributed by atoms with van der Waals surface area (Å²) in [5.41, 5.74) is 2.50. The third kappa shape index (κ3) is 3.87. The maximum Gasteiger partial charge on any atom is 0.264 e. The zero-order valence-electron chi connectivity index (χ0n) is 14.7. The number of benzene rings is 2. The number of carbonyl (C=O) groups excluding carboxylic acids is 1. The number of carbonyl (C=O) groups is 1. The summed E-state index contributed by atoms with van der Waals surface area (Å²) in [4.78, 5) is 19.2. The SMILES string of the molecule is O=C(c1ccc(-c2ccccc2)s1)N1CCN(Cc2ccccc2)CC1. The van der Waals surface area contributed by atoms with Crippen molar-refractivity contribution in [1.82, 2.24) is 9.80 Å². The molecule has 4 heteroatoms. The highest BCUT2D eigenvalue weighted by atomic mass is 32.1. The van der Waals surface area contributed by atoms with Crippen LogP contribution in [0.5, 0.6) is 0 Å². The summed E-state index contributed by atoms with van der Waals surface area (Å²) >= 11 is 1.59. The van der Waals surface area contributed by atoms with Crippen molar-refractivity contribution >= 4 is 17.2 Å². The number of piperazine rings is 1. The summed E-state index contributed by atoms with van der Waals surface area (Å²) in [6.45, 7) is 4.41. The van der Waals surface area contributed by atoms with E-state index in [1.165, 1.54) is 11.1 Å². The summed E-state index contributed by atoms with van der Waals surface area (Å²) in [5.74, 6) is 0.163. The first-order valence-corrected chi connectivity index (χ1v) is 9.82. The molecule has 0 saturated carbocycles. The molecule has 0 bridgehead atoms. The quantitative estimate of drug-likeness (QED) is 0.688. The van der Waals surface area contributed by atoms with Crippen molar-refractivity contribution in [3.8, 4) is 10.4 Å². The highest BCUT2D eigenvalue weighted by molar-refractivity contribution is 7.17. The number of rotatable bonds is 4. The van der Waals surface area contributed by atoms with Crippen molar-refractivity contribution in [2.45, 2.75) is 6.54 Å². The average molecular weight is 362 g/mol. The van der Waals surface area contributed by atoms with E-state index in [0.29, 0.717) is 0 Å². The van der Waals surface area contributed by atoms with E-state index in [0.717, 1.165) is 42.5 Å². The molecule has 4 rings (SSSR count). The van der Waals surface area contributed by atoms with Crippen LogP contribution in [0.15, 0.2) is 72.8 Å². The van der Waals surface area contributed by atoms with Crippen LogP contribution in [0.4, 0.5) is 0 Å². The van der Waals surface area contributed by atoms with E-state index in [1.807, 2.05) is 35.2 Å². The van der Waals surface area contributed by atoms with Gasteiger partial charge < -0.3 is 4.90 Å². The van der Waals surface area contributed by atoms with Crippen molar-refractivity contribution in [3.05, 3.63) is 83.2 Å². The standard InChI is InChI=1S/C22H22N2OS/c25-22(21-12-11-20(26-21)19-9-5-2-6-10-19)24-15-13-23(14-16-24)17-18-7-3-1-4-8-18/h1-12H,13-17H2. The number of amides is 1. The predicted molar refractivity (Wildman–Crippen MR) is 107 cm³/mol. The zero-order valence-corrected chi connectivity index (χ0v) is 15.5. The highest BCUT2D eigenvalue weighted by Crippen LogP contribution is 2.28. The Kier molecular flexibility index (Phi) is 5.14. The van der Waals surface area contributed by atoms with Crippen LogP contribution in [-0.2, 0) is 6.54 Å². The van der Waals surface area contributed by atoms with Gasteiger partial charge in [-0.15, -0.1) is 11.3 Å². The number of hydrogen-bond donors (Lipinski definition) is 0. The van der Waals surface area contributed by atoms with Crippen LogP contribution in [0.2, 0.25) is 0 Å². The molecular formula is C22H22N2OS. The fourth-order valence-electron chi connectivity index (χ4n) is 3.32. The fourth-order valence-corrected chi connectivity index (χ4v) is 4.30. The summed E-state index contributed by atoms with van der Waals surface area (Å²) < 4.78 is 0. The first-order chi connectivity index (χ1) is 12.8. The van der Waals surface area contributed by atoms with Gasteiger partial charge in [0.05, 0.1) is 4.88 Å². The van der Waals surface area contributed by atoms with Gasteiger partial charge in [0, 0.05) is 37.6 Å². The van der Waals surface area contributed by atoms with Gasteiger partial charge in [-0.1, -0.05) is 60.7 Å². The van der Waals surface area contributed by atoms with Crippen LogP contribution < -0.4 is 0 Å². The Morgan fingerprint density at radius 2 is 1.46 bits per heavy atom. The van der Waals surface area contributed by atoms with E-state index >= 15 is 0 Å². The van der Waals surface area contributed by atoms with Gasteiger partial charge in [0.1, 0.15) is 0 Å². The van der Waals surface area contributed by atoms with Crippen molar-refractivity contribution < 1.29 is 4.79 Å². The second-order valence-electron chi connectivity index (χ2n) is 6.58. The van der Waals surface area contributed by atoms with Gasteiger partial charge in [-0.25, -0.2) is 0 Å². The molecule has 1 aromatic heterocycles. The summed E-state index contributed by atoms with van der Waals surface area (Å²) in [5, 5.41) is 0. The lowest BCUT2D eigenvalue weighted by molar-refractivity contribution is 0.0633. The largest absolute Gasteiger partial charge is 0.335 e. The van der Waals surface area contributed by atoms with Crippen LogP contribution in [0.3, 0.4) is 0 Å². The van der Waals surface area contributed by atoms with Gasteiger partial charge in [0.25, 0.3) is 5.91 Å². The van der Waals surface area contributed by atoms with Gasteiger partial charge >= 0.3 is 0 Å². The van der Waals surface area contributed by atoms with Crippen molar-refractivity contribution in [2.24, 2.45) is 0 Å². The van der Waals surface area contributed by atoms with E-state index in [9.17, 15) is 4.79 Å². The lowest BCUT2D eigenvalue weighted by atomic mass is 10.2. The Hall–Kier alpha value is -2.43. The molecule has 1 fully saturated rings. The number of hydrogen-bond acceptors (Lipinski definition) is 3. The van der Waals surface area contributed by atoms with E-state index < -0.39 is 0 Å².